The molecule has 0 saturated heterocycles. The summed E-state index contributed by atoms with van der Waals surface area (Å²) in [5.41, 5.74) is 6.75. The van der Waals surface area contributed by atoms with Crippen LogP contribution in [0.3, 0.4) is 0 Å². The number of rotatable bonds is 6. The van der Waals surface area contributed by atoms with Gasteiger partial charge >= 0.3 is 0 Å². The normalized spacial score (nSPS) is 13.1. The summed E-state index contributed by atoms with van der Waals surface area (Å²) in [7, 11) is 0. The molecule has 0 heterocycles. The highest BCUT2D eigenvalue weighted by molar-refractivity contribution is 5.83. The lowest BCUT2D eigenvalue weighted by molar-refractivity contribution is -0.131. The maximum atomic E-state index is 13.3. The number of aryl methyl sites for hydroxylation is 1. The molecule has 1 amide bonds. The smallest absolute Gasteiger partial charge is 0.227 e. The number of hydrogen-bond acceptors (Lipinski definition) is 2. The van der Waals surface area contributed by atoms with E-state index in [-0.39, 0.29) is 17.8 Å². The standard InChI is InChI=1S/C16H25FN2O/c1-5-16(6-2,10-18)15(20)19-12(4)13-7-8-14(17)11(3)9-13/h7-9,12H,5-6,10,18H2,1-4H3,(H,19,20). The lowest BCUT2D eigenvalue weighted by Gasteiger charge is -2.30. The molecule has 20 heavy (non-hydrogen) atoms. The van der Waals surface area contributed by atoms with Crippen LogP contribution in [0.2, 0.25) is 0 Å². The molecular formula is C16H25FN2O. The van der Waals surface area contributed by atoms with E-state index in [1.54, 1.807) is 19.1 Å². The SMILES string of the molecule is CCC(CC)(CN)C(=O)NC(C)c1ccc(F)c(C)c1. The molecule has 0 aliphatic rings. The van der Waals surface area contributed by atoms with Crippen LogP contribution in [0, 0.1) is 18.2 Å². The van der Waals surface area contributed by atoms with Crippen molar-refractivity contribution in [2.45, 2.75) is 46.6 Å². The fourth-order valence-electron chi connectivity index (χ4n) is 2.32. The van der Waals surface area contributed by atoms with Gasteiger partial charge in [-0.25, -0.2) is 4.39 Å². The Labute approximate surface area is 120 Å². The van der Waals surface area contributed by atoms with E-state index >= 15 is 0 Å². The van der Waals surface area contributed by atoms with Crippen molar-refractivity contribution in [3.8, 4) is 0 Å². The van der Waals surface area contributed by atoms with Crippen LogP contribution in [-0.2, 0) is 4.79 Å². The first-order valence-corrected chi connectivity index (χ1v) is 7.17. The molecule has 4 heteroatoms. The Morgan fingerprint density at radius 2 is 2.00 bits per heavy atom. The van der Waals surface area contributed by atoms with Gasteiger partial charge in [0, 0.05) is 6.54 Å². The van der Waals surface area contributed by atoms with E-state index in [1.165, 1.54) is 6.07 Å². The quantitative estimate of drug-likeness (QED) is 0.841. The van der Waals surface area contributed by atoms with Crippen molar-refractivity contribution in [2.24, 2.45) is 11.1 Å². The zero-order chi connectivity index (χ0) is 15.3. The fourth-order valence-corrected chi connectivity index (χ4v) is 2.32. The zero-order valence-corrected chi connectivity index (χ0v) is 12.8. The van der Waals surface area contributed by atoms with E-state index in [2.05, 4.69) is 5.32 Å². The number of nitrogens with one attached hydrogen (secondary N) is 1. The number of amides is 1. The van der Waals surface area contributed by atoms with Crippen LogP contribution in [-0.4, -0.2) is 12.5 Å². The largest absolute Gasteiger partial charge is 0.349 e. The number of nitrogens with two attached hydrogens (primary N) is 1. The van der Waals surface area contributed by atoms with Crippen LogP contribution < -0.4 is 11.1 Å². The van der Waals surface area contributed by atoms with Crippen LogP contribution in [0.1, 0.15) is 50.8 Å². The van der Waals surface area contributed by atoms with Crippen LogP contribution in [0.4, 0.5) is 4.39 Å². The molecule has 0 saturated carbocycles. The van der Waals surface area contributed by atoms with Gasteiger partial charge in [-0.05, 0) is 43.9 Å². The summed E-state index contributed by atoms with van der Waals surface area (Å²) in [5, 5.41) is 3.00. The summed E-state index contributed by atoms with van der Waals surface area (Å²) in [6, 6.07) is 4.74. The number of benzene rings is 1. The van der Waals surface area contributed by atoms with E-state index < -0.39 is 5.41 Å². The summed E-state index contributed by atoms with van der Waals surface area (Å²) in [5.74, 6) is -0.259. The molecule has 1 aromatic carbocycles. The van der Waals surface area contributed by atoms with Gasteiger partial charge in [-0.2, -0.15) is 0 Å². The van der Waals surface area contributed by atoms with E-state index in [1.807, 2.05) is 20.8 Å². The zero-order valence-electron chi connectivity index (χ0n) is 12.8. The third kappa shape index (κ3) is 3.37. The number of carbonyl (C=O) groups excluding carboxylic acids is 1. The van der Waals surface area contributed by atoms with E-state index in [0.717, 1.165) is 5.56 Å². The highest BCUT2D eigenvalue weighted by Gasteiger charge is 2.34. The Balaban J connectivity index is 2.86. The monoisotopic (exact) mass is 280 g/mol. The molecule has 112 valence electrons. The summed E-state index contributed by atoms with van der Waals surface area (Å²) < 4.78 is 13.3. The van der Waals surface area contributed by atoms with E-state index in [4.69, 9.17) is 5.73 Å². The van der Waals surface area contributed by atoms with Gasteiger partial charge in [0.05, 0.1) is 11.5 Å². The highest BCUT2D eigenvalue weighted by atomic mass is 19.1. The molecule has 0 spiro atoms. The molecular weight excluding hydrogens is 255 g/mol. The second-order valence-corrected chi connectivity index (χ2v) is 5.40. The minimum absolute atomic E-state index is 0.0283. The van der Waals surface area contributed by atoms with Crippen molar-refractivity contribution in [1.29, 1.82) is 0 Å². The summed E-state index contributed by atoms with van der Waals surface area (Å²) in [4.78, 5) is 12.4. The third-order valence-electron chi connectivity index (χ3n) is 4.26. The minimum Gasteiger partial charge on any atom is -0.349 e. The fraction of sp³-hybridized carbons (Fsp3) is 0.562. The van der Waals surface area contributed by atoms with Gasteiger partial charge in [-0.15, -0.1) is 0 Å². The molecule has 3 N–H and O–H groups in total. The third-order valence-corrected chi connectivity index (χ3v) is 4.26. The van der Waals surface area contributed by atoms with Crippen molar-refractivity contribution in [3.63, 3.8) is 0 Å². The van der Waals surface area contributed by atoms with E-state index in [9.17, 15) is 9.18 Å². The second kappa shape index (κ2) is 6.84. The van der Waals surface area contributed by atoms with Gasteiger partial charge in [0.15, 0.2) is 0 Å². The molecule has 0 radical (unpaired) electrons. The Hall–Kier alpha value is -1.42. The molecule has 0 aliphatic heterocycles. The van der Waals surface area contributed by atoms with Crippen molar-refractivity contribution < 1.29 is 9.18 Å². The molecule has 1 atom stereocenters. The minimum atomic E-state index is -0.511. The summed E-state index contributed by atoms with van der Waals surface area (Å²) in [6.45, 7) is 7.90. The average Bonchev–Trinajstić information content (AvgIpc) is 2.44. The molecule has 0 aromatic heterocycles. The first-order chi connectivity index (χ1) is 9.40. The summed E-state index contributed by atoms with van der Waals surface area (Å²) in [6.07, 6.45) is 1.42. The van der Waals surface area contributed by atoms with Crippen LogP contribution in [0.15, 0.2) is 18.2 Å². The van der Waals surface area contributed by atoms with Gasteiger partial charge in [0.2, 0.25) is 5.91 Å². The second-order valence-electron chi connectivity index (χ2n) is 5.40. The summed E-state index contributed by atoms with van der Waals surface area (Å²) >= 11 is 0. The van der Waals surface area contributed by atoms with Gasteiger partial charge in [0.25, 0.3) is 0 Å². The van der Waals surface area contributed by atoms with Gasteiger partial charge in [0.1, 0.15) is 5.82 Å². The van der Waals surface area contributed by atoms with E-state index in [0.29, 0.717) is 24.9 Å². The Kier molecular flexibility index (Phi) is 5.69. The van der Waals surface area contributed by atoms with Gasteiger partial charge in [-0.1, -0.05) is 26.0 Å². The van der Waals surface area contributed by atoms with Gasteiger partial charge < -0.3 is 11.1 Å². The maximum absolute atomic E-state index is 13.3. The molecule has 3 nitrogen and oxygen atoms in total. The lowest BCUT2D eigenvalue weighted by atomic mass is 9.81. The Morgan fingerprint density at radius 3 is 2.45 bits per heavy atom. The average molecular weight is 280 g/mol. The van der Waals surface area contributed by atoms with Crippen LogP contribution >= 0.6 is 0 Å². The van der Waals surface area contributed by atoms with Crippen molar-refractivity contribution >= 4 is 5.91 Å². The predicted molar refractivity (Wildman–Crippen MR) is 79.8 cm³/mol. The number of halogens is 1. The topological polar surface area (TPSA) is 55.1 Å². The predicted octanol–water partition coefficient (Wildman–Crippen LogP) is 3.08. The number of carbonyl (C=O) groups is 1. The van der Waals surface area contributed by atoms with Crippen molar-refractivity contribution in [2.75, 3.05) is 6.54 Å². The molecule has 0 aliphatic carbocycles. The first kappa shape index (κ1) is 16.6. The highest BCUT2D eigenvalue weighted by Crippen LogP contribution is 2.26. The van der Waals surface area contributed by atoms with Crippen LogP contribution in [0.5, 0.6) is 0 Å². The van der Waals surface area contributed by atoms with Crippen molar-refractivity contribution in [3.05, 3.63) is 35.1 Å². The molecule has 0 bridgehead atoms. The lowest BCUT2D eigenvalue weighted by Crippen LogP contribution is -2.46. The number of hydrogen-bond donors (Lipinski definition) is 2. The maximum Gasteiger partial charge on any atom is 0.227 e. The molecule has 1 unspecified atom stereocenters. The molecule has 0 fully saturated rings. The Morgan fingerprint density at radius 1 is 1.40 bits per heavy atom. The first-order valence-electron chi connectivity index (χ1n) is 7.17. The van der Waals surface area contributed by atoms with Crippen LogP contribution in [0.25, 0.3) is 0 Å². The van der Waals surface area contributed by atoms with Gasteiger partial charge in [-0.3, -0.25) is 4.79 Å². The van der Waals surface area contributed by atoms with Crippen molar-refractivity contribution in [1.82, 2.24) is 5.32 Å². The Bertz CT molecular complexity index is 461. The molecule has 1 rings (SSSR count). The molecule has 1 aromatic rings.